The summed E-state index contributed by atoms with van der Waals surface area (Å²) in [6.45, 7) is -0.323. The topological polar surface area (TPSA) is 68.3 Å². The number of amides is 1. The van der Waals surface area contributed by atoms with E-state index in [1.54, 1.807) is 0 Å². The van der Waals surface area contributed by atoms with Crippen LogP contribution >= 0.6 is 38.6 Å². The van der Waals surface area contributed by atoms with Gasteiger partial charge in [0, 0.05) is 20.3 Å². The number of thiophene rings is 1. The molecular formula is C17H13BrN2O3S2. The maximum absolute atomic E-state index is 11.9. The molecule has 3 rings (SSSR count). The summed E-state index contributed by atoms with van der Waals surface area (Å²) < 4.78 is 5.94. The Labute approximate surface area is 160 Å². The van der Waals surface area contributed by atoms with Gasteiger partial charge in [-0.15, -0.1) is 22.7 Å². The summed E-state index contributed by atoms with van der Waals surface area (Å²) >= 11 is 6.22. The summed E-state index contributed by atoms with van der Waals surface area (Å²) in [6, 6.07) is 11.5. The highest BCUT2D eigenvalue weighted by Gasteiger charge is 2.11. The van der Waals surface area contributed by atoms with E-state index in [4.69, 9.17) is 4.74 Å². The second kappa shape index (κ2) is 8.37. The first-order valence-electron chi connectivity index (χ1n) is 7.29. The molecule has 0 bridgehead atoms. The fourth-order valence-corrected chi connectivity index (χ4v) is 3.84. The predicted molar refractivity (Wildman–Crippen MR) is 103 cm³/mol. The second-order valence-electron chi connectivity index (χ2n) is 5.01. The maximum atomic E-state index is 11.9. The van der Waals surface area contributed by atoms with Crippen LogP contribution in [0.5, 0.6) is 0 Å². The highest BCUT2D eigenvalue weighted by Crippen LogP contribution is 2.26. The molecule has 0 aliphatic heterocycles. The van der Waals surface area contributed by atoms with Crippen LogP contribution in [0.3, 0.4) is 0 Å². The SMILES string of the molecule is O=C(COC(=O)Cc1cccs1)Nc1nc(-c2cccc(Br)c2)cs1. The summed E-state index contributed by atoms with van der Waals surface area (Å²) in [5.74, 6) is -0.832. The smallest absolute Gasteiger partial charge is 0.311 e. The van der Waals surface area contributed by atoms with Gasteiger partial charge >= 0.3 is 5.97 Å². The van der Waals surface area contributed by atoms with Crippen molar-refractivity contribution < 1.29 is 14.3 Å². The fraction of sp³-hybridized carbons (Fsp3) is 0.118. The third-order valence-corrected chi connectivity index (χ3v) is 5.26. The van der Waals surface area contributed by atoms with Gasteiger partial charge in [0.05, 0.1) is 12.1 Å². The number of nitrogens with one attached hydrogen (secondary N) is 1. The van der Waals surface area contributed by atoms with Crippen LogP contribution in [0, 0.1) is 0 Å². The highest BCUT2D eigenvalue weighted by molar-refractivity contribution is 9.10. The molecule has 0 spiro atoms. The van der Waals surface area contributed by atoms with E-state index in [-0.39, 0.29) is 13.0 Å². The zero-order valence-electron chi connectivity index (χ0n) is 12.9. The Kier molecular flexibility index (Phi) is 5.95. The van der Waals surface area contributed by atoms with E-state index in [2.05, 4.69) is 26.2 Å². The molecule has 5 nitrogen and oxygen atoms in total. The van der Waals surface area contributed by atoms with Gasteiger partial charge in [-0.2, -0.15) is 0 Å². The lowest BCUT2D eigenvalue weighted by molar-refractivity contribution is -0.146. The summed E-state index contributed by atoms with van der Waals surface area (Å²) in [5.41, 5.74) is 1.73. The van der Waals surface area contributed by atoms with Gasteiger partial charge in [0.2, 0.25) is 0 Å². The van der Waals surface area contributed by atoms with Crippen LogP contribution in [0.4, 0.5) is 5.13 Å². The van der Waals surface area contributed by atoms with Crippen molar-refractivity contribution in [2.75, 3.05) is 11.9 Å². The minimum absolute atomic E-state index is 0.176. The number of carbonyl (C=O) groups excluding carboxylic acids is 2. The van der Waals surface area contributed by atoms with E-state index < -0.39 is 11.9 Å². The lowest BCUT2D eigenvalue weighted by Crippen LogP contribution is -2.21. The van der Waals surface area contributed by atoms with Crippen molar-refractivity contribution in [3.63, 3.8) is 0 Å². The monoisotopic (exact) mass is 436 g/mol. The van der Waals surface area contributed by atoms with E-state index in [9.17, 15) is 9.59 Å². The van der Waals surface area contributed by atoms with Crippen LogP contribution in [0.1, 0.15) is 4.88 Å². The molecule has 3 aromatic rings. The number of nitrogens with zero attached hydrogens (tertiary/aromatic N) is 1. The number of esters is 1. The summed E-state index contributed by atoms with van der Waals surface area (Å²) in [6.07, 6.45) is 0.176. The molecule has 0 saturated heterocycles. The van der Waals surface area contributed by atoms with Crippen molar-refractivity contribution in [3.05, 3.63) is 56.5 Å². The normalized spacial score (nSPS) is 10.4. The van der Waals surface area contributed by atoms with Gasteiger partial charge in [-0.1, -0.05) is 34.1 Å². The average Bonchev–Trinajstić information content (AvgIpc) is 3.25. The second-order valence-corrected chi connectivity index (χ2v) is 7.82. The molecule has 2 aromatic heterocycles. The number of thiazole rings is 1. The molecular weight excluding hydrogens is 424 g/mol. The van der Waals surface area contributed by atoms with E-state index in [1.165, 1.54) is 22.7 Å². The molecule has 1 aromatic carbocycles. The number of anilines is 1. The summed E-state index contributed by atoms with van der Waals surface area (Å²) in [4.78, 5) is 28.9. The van der Waals surface area contributed by atoms with Crippen LogP contribution in [0.25, 0.3) is 11.3 Å². The zero-order chi connectivity index (χ0) is 17.6. The fourth-order valence-electron chi connectivity index (χ4n) is 2.02. The van der Waals surface area contributed by atoms with Gasteiger partial charge in [0.25, 0.3) is 5.91 Å². The van der Waals surface area contributed by atoms with Crippen LogP contribution in [0.2, 0.25) is 0 Å². The minimum atomic E-state index is -0.424. The Morgan fingerprint density at radius 3 is 2.84 bits per heavy atom. The quantitative estimate of drug-likeness (QED) is 0.582. The van der Waals surface area contributed by atoms with Crippen molar-refractivity contribution in [1.29, 1.82) is 0 Å². The van der Waals surface area contributed by atoms with E-state index in [1.807, 2.05) is 47.2 Å². The molecule has 0 aliphatic carbocycles. The Balaban J connectivity index is 1.51. The maximum Gasteiger partial charge on any atom is 0.311 e. The number of hydrogen-bond donors (Lipinski definition) is 1. The number of halogens is 1. The molecule has 128 valence electrons. The van der Waals surface area contributed by atoms with Gasteiger partial charge in [-0.3, -0.25) is 14.9 Å². The van der Waals surface area contributed by atoms with E-state index >= 15 is 0 Å². The van der Waals surface area contributed by atoms with Crippen LogP contribution < -0.4 is 5.32 Å². The van der Waals surface area contributed by atoms with Crippen LogP contribution in [-0.2, 0) is 20.7 Å². The van der Waals surface area contributed by atoms with Gasteiger partial charge in [0.15, 0.2) is 11.7 Å². The molecule has 0 radical (unpaired) electrons. The summed E-state index contributed by atoms with van der Waals surface area (Å²) in [7, 11) is 0. The van der Waals surface area contributed by atoms with Crippen molar-refractivity contribution >= 4 is 55.6 Å². The first-order chi connectivity index (χ1) is 12.1. The summed E-state index contributed by atoms with van der Waals surface area (Å²) in [5, 5.41) is 6.86. The molecule has 0 fully saturated rings. The molecule has 25 heavy (non-hydrogen) atoms. The van der Waals surface area contributed by atoms with Crippen molar-refractivity contribution in [2.24, 2.45) is 0 Å². The number of benzene rings is 1. The van der Waals surface area contributed by atoms with Crippen LogP contribution in [0.15, 0.2) is 51.6 Å². The predicted octanol–water partition coefficient (Wildman–Crippen LogP) is 4.36. The molecule has 1 amide bonds. The van der Waals surface area contributed by atoms with E-state index in [0.29, 0.717) is 5.13 Å². The van der Waals surface area contributed by atoms with Crippen molar-refractivity contribution in [3.8, 4) is 11.3 Å². The molecule has 1 N–H and O–H groups in total. The number of hydrogen-bond acceptors (Lipinski definition) is 6. The highest BCUT2D eigenvalue weighted by atomic mass is 79.9. The molecule has 2 heterocycles. The van der Waals surface area contributed by atoms with Gasteiger partial charge in [0.1, 0.15) is 0 Å². The first-order valence-corrected chi connectivity index (χ1v) is 9.85. The zero-order valence-corrected chi connectivity index (χ0v) is 16.1. The lowest BCUT2D eigenvalue weighted by Gasteiger charge is -2.04. The van der Waals surface area contributed by atoms with Gasteiger partial charge in [-0.05, 0) is 23.6 Å². The van der Waals surface area contributed by atoms with Crippen molar-refractivity contribution in [1.82, 2.24) is 4.98 Å². The van der Waals surface area contributed by atoms with E-state index in [0.717, 1.165) is 20.6 Å². The minimum Gasteiger partial charge on any atom is -0.455 e. The number of ether oxygens (including phenoxy) is 1. The Hall–Kier alpha value is -2.03. The third kappa shape index (κ3) is 5.22. The Morgan fingerprint density at radius 2 is 2.08 bits per heavy atom. The molecule has 0 unspecified atom stereocenters. The lowest BCUT2D eigenvalue weighted by atomic mass is 10.2. The number of rotatable bonds is 6. The molecule has 0 atom stereocenters. The first kappa shape index (κ1) is 17.8. The standard InChI is InChI=1S/C17H13BrN2O3S2/c18-12-4-1-3-11(7-12)14-10-25-17(19-14)20-15(21)9-23-16(22)8-13-5-2-6-24-13/h1-7,10H,8-9H2,(H,19,20,21). The molecule has 0 saturated carbocycles. The van der Waals surface area contributed by atoms with Gasteiger partial charge in [-0.25, -0.2) is 4.98 Å². The molecule has 8 heteroatoms. The van der Waals surface area contributed by atoms with Crippen molar-refractivity contribution in [2.45, 2.75) is 6.42 Å². The van der Waals surface area contributed by atoms with Gasteiger partial charge < -0.3 is 4.74 Å². The third-order valence-electron chi connectivity index (χ3n) is 3.13. The average molecular weight is 437 g/mol. The Bertz CT molecular complexity index is 878. The number of aromatic nitrogens is 1. The Morgan fingerprint density at radius 1 is 1.20 bits per heavy atom. The molecule has 0 aliphatic rings. The largest absolute Gasteiger partial charge is 0.455 e. The van der Waals surface area contributed by atoms with Crippen LogP contribution in [-0.4, -0.2) is 23.5 Å². The number of carbonyl (C=O) groups is 2.